The standard InChI is InChI=1S/C10H20N2OS/c1-3-4-8(2)12-5-6-13-9(7-12)10(11)14/h8-9H,3-7H2,1-2H3,(H2,11,14). The number of ether oxygens (including phenoxy) is 1. The maximum atomic E-state index is 5.58. The highest BCUT2D eigenvalue weighted by Gasteiger charge is 2.24. The van der Waals surface area contributed by atoms with Gasteiger partial charge in [0.2, 0.25) is 0 Å². The quantitative estimate of drug-likeness (QED) is 0.716. The number of nitrogens with zero attached hydrogens (tertiary/aromatic N) is 1. The number of hydrogen-bond donors (Lipinski definition) is 1. The normalized spacial score (nSPS) is 26.0. The summed E-state index contributed by atoms with van der Waals surface area (Å²) in [6.07, 6.45) is 2.40. The lowest BCUT2D eigenvalue weighted by Gasteiger charge is -2.36. The van der Waals surface area contributed by atoms with Crippen molar-refractivity contribution in [2.75, 3.05) is 19.7 Å². The molecule has 0 spiro atoms. The van der Waals surface area contributed by atoms with E-state index >= 15 is 0 Å². The summed E-state index contributed by atoms with van der Waals surface area (Å²) >= 11 is 4.95. The molecule has 1 aliphatic heterocycles. The molecule has 0 aliphatic carbocycles. The third-order valence-electron chi connectivity index (χ3n) is 2.75. The van der Waals surface area contributed by atoms with Gasteiger partial charge in [-0.15, -0.1) is 0 Å². The third kappa shape index (κ3) is 3.19. The molecule has 4 heteroatoms. The molecular weight excluding hydrogens is 196 g/mol. The van der Waals surface area contributed by atoms with Crippen molar-refractivity contribution >= 4 is 17.2 Å². The van der Waals surface area contributed by atoms with Gasteiger partial charge in [0.05, 0.1) is 6.61 Å². The number of hydrogen-bond acceptors (Lipinski definition) is 3. The fourth-order valence-electron chi connectivity index (χ4n) is 1.84. The molecular formula is C10H20N2OS. The van der Waals surface area contributed by atoms with E-state index in [-0.39, 0.29) is 6.10 Å². The Hall–Kier alpha value is -0.190. The lowest BCUT2D eigenvalue weighted by atomic mass is 10.1. The van der Waals surface area contributed by atoms with Gasteiger partial charge in [0, 0.05) is 19.1 Å². The van der Waals surface area contributed by atoms with Crippen LogP contribution in [0.2, 0.25) is 0 Å². The molecule has 82 valence electrons. The summed E-state index contributed by atoms with van der Waals surface area (Å²) in [7, 11) is 0. The van der Waals surface area contributed by atoms with Crippen LogP contribution in [0.1, 0.15) is 26.7 Å². The summed E-state index contributed by atoms with van der Waals surface area (Å²) in [4.78, 5) is 2.90. The second-order valence-electron chi connectivity index (χ2n) is 3.89. The summed E-state index contributed by atoms with van der Waals surface area (Å²) in [6.45, 7) is 7.07. The van der Waals surface area contributed by atoms with Crippen LogP contribution in [-0.4, -0.2) is 41.7 Å². The Labute approximate surface area is 91.6 Å². The zero-order chi connectivity index (χ0) is 10.6. The molecule has 1 fully saturated rings. The van der Waals surface area contributed by atoms with Crippen molar-refractivity contribution in [3.8, 4) is 0 Å². The topological polar surface area (TPSA) is 38.5 Å². The van der Waals surface area contributed by atoms with Gasteiger partial charge in [-0.3, -0.25) is 4.90 Å². The first-order valence-electron chi connectivity index (χ1n) is 5.30. The molecule has 0 aromatic carbocycles. The monoisotopic (exact) mass is 216 g/mol. The number of thiocarbonyl (C=S) groups is 1. The molecule has 1 aliphatic rings. The molecule has 1 heterocycles. The summed E-state index contributed by atoms with van der Waals surface area (Å²) in [5.74, 6) is 0. The Morgan fingerprint density at radius 1 is 1.71 bits per heavy atom. The van der Waals surface area contributed by atoms with Crippen LogP contribution in [0.5, 0.6) is 0 Å². The zero-order valence-electron chi connectivity index (χ0n) is 9.03. The highest BCUT2D eigenvalue weighted by Crippen LogP contribution is 2.12. The average Bonchev–Trinajstić information content (AvgIpc) is 2.18. The van der Waals surface area contributed by atoms with Gasteiger partial charge in [-0.05, 0) is 13.3 Å². The van der Waals surface area contributed by atoms with Crippen LogP contribution in [0.25, 0.3) is 0 Å². The lowest BCUT2D eigenvalue weighted by molar-refractivity contribution is -0.00927. The van der Waals surface area contributed by atoms with E-state index in [1.807, 2.05) is 0 Å². The predicted octanol–water partition coefficient (Wildman–Crippen LogP) is 1.16. The number of nitrogens with two attached hydrogens (primary N) is 1. The zero-order valence-corrected chi connectivity index (χ0v) is 9.85. The van der Waals surface area contributed by atoms with E-state index in [1.165, 1.54) is 12.8 Å². The molecule has 2 atom stereocenters. The molecule has 0 amide bonds. The van der Waals surface area contributed by atoms with Crippen LogP contribution in [-0.2, 0) is 4.74 Å². The molecule has 0 radical (unpaired) electrons. The van der Waals surface area contributed by atoms with E-state index in [9.17, 15) is 0 Å². The summed E-state index contributed by atoms with van der Waals surface area (Å²) in [5, 5.41) is 0. The lowest BCUT2D eigenvalue weighted by Crippen LogP contribution is -2.50. The van der Waals surface area contributed by atoms with Gasteiger partial charge >= 0.3 is 0 Å². The first-order chi connectivity index (χ1) is 6.65. The van der Waals surface area contributed by atoms with Gasteiger partial charge in [-0.25, -0.2) is 0 Å². The molecule has 3 nitrogen and oxygen atoms in total. The first-order valence-corrected chi connectivity index (χ1v) is 5.71. The smallest absolute Gasteiger partial charge is 0.120 e. The minimum atomic E-state index is -0.0435. The predicted molar refractivity (Wildman–Crippen MR) is 62.5 cm³/mol. The van der Waals surface area contributed by atoms with Gasteiger partial charge in [0.1, 0.15) is 11.1 Å². The maximum absolute atomic E-state index is 5.58. The minimum absolute atomic E-state index is 0.0435. The van der Waals surface area contributed by atoms with E-state index in [0.717, 1.165) is 19.7 Å². The highest BCUT2D eigenvalue weighted by atomic mass is 32.1. The minimum Gasteiger partial charge on any atom is -0.391 e. The highest BCUT2D eigenvalue weighted by molar-refractivity contribution is 7.80. The average molecular weight is 216 g/mol. The van der Waals surface area contributed by atoms with Gasteiger partial charge in [0.25, 0.3) is 0 Å². The van der Waals surface area contributed by atoms with E-state index in [1.54, 1.807) is 0 Å². The van der Waals surface area contributed by atoms with Crippen molar-refractivity contribution in [3.63, 3.8) is 0 Å². The number of morpholine rings is 1. The molecule has 0 bridgehead atoms. The molecule has 0 saturated carbocycles. The van der Waals surface area contributed by atoms with E-state index in [2.05, 4.69) is 18.7 Å². The first kappa shape index (κ1) is 11.9. The molecule has 1 saturated heterocycles. The van der Waals surface area contributed by atoms with Gasteiger partial charge in [-0.1, -0.05) is 25.6 Å². The molecule has 1 rings (SSSR count). The fourth-order valence-corrected chi connectivity index (χ4v) is 1.98. The van der Waals surface area contributed by atoms with Gasteiger partial charge in [-0.2, -0.15) is 0 Å². The van der Waals surface area contributed by atoms with Crippen LogP contribution >= 0.6 is 12.2 Å². The van der Waals surface area contributed by atoms with Crippen molar-refractivity contribution in [1.29, 1.82) is 0 Å². The Kier molecular flexibility index (Phi) is 4.78. The Bertz CT molecular complexity index is 199. The molecule has 14 heavy (non-hydrogen) atoms. The number of rotatable bonds is 4. The summed E-state index contributed by atoms with van der Waals surface area (Å²) < 4.78 is 5.49. The van der Waals surface area contributed by atoms with Gasteiger partial charge in [0.15, 0.2) is 0 Å². The third-order valence-corrected chi connectivity index (χ3v) is 3.01. The molecule has 0 aromatic heterocycles. The summed E-state index contributed by atoms with van der Waals surface area (Å²) in [6, 6.07) is 0.612. The van der Waals surface area contributed by atoms with Crippen LogP contribution in [0.4, 0.5) is 0 Å². The van der Waals surface area contributed by atoms with Crippen LogP contribution in [0.3, 0.4) is 0 Å². The largest absolute Gasteiger partial charge is 0.391 e. The van der Waals surface area contributed by atoms with Crippen LogP contribution < -0.4 is 5.73 Å². The Morgan fingerprint density at radius 3 is 3.00 bits per heavy atom. The second-order valence-corrected chi connectivity index (χ2v) is 4.37. The maximum Gasteiger partial charge on any atom is 0.120 e. The Balaban J connectivity index is 2.43. The van der Waals surface area contributed by atoms with E-state index < -0.39 is 0 Å². The molecule has 2 unspecified atom stereocenters. The molecule has 2 N–H and O–H groups in total. The fraction of sp³-hybridized carbons (Fsp3) is 0.900. The van der Waals surface area contributed by atoms with Crippen molar-refractivity contribution in [1.82, 2.24) is 4.90 Å². The van der Waals surface area contributed by atoms with Crippen molar-refractivity contribution in [3.05, 3.63) is 0 Å². The van der Waals surface area contributed by atoms with E-state index in [4.69, 9.17) is 22.7 Å². The van der Waals surface area contributed by atoms with Crippen molar-refractivity contribution < 1.29 is 4.74 Å². The van der Waals surface area contributed by atoms with Gasteiger partial charge < -0.3 is 10.5 Å². The van der Waals surface area contributed by atoms with Crippen LogP contribution in [0.15, 0.2) is 0 Å². The van der Waals surface area contributed by atoms with Crippen molar-refractivity contribution in [2.45, 2.75) is 38.8 Å². The van der Waals surface area contributed by atoms with E-state index in [0.29, 0.717) is 11.0 Å². The SMILES string of the molecule is CCCC(C)N1CCOC(C(N)=S)C1. The molecule has 0 aromatic rings. The van der Waals surface area contributed by atoms with Crippen molar-refractivity contribution in [2.24, 2.45) is 5.73 Å². The van der Waals surface area contributed by atoms with Crippen LogP contribution in [0, 0.1) is 0 Å². The Morgan fingerprint density at radius 2 is 2.43 bits per heavy atom. The second kappa shape index (κ2) is 5.63. The summed E-state index contributed by atoms with van der Waals surface area (Å²) in [5.41, 5.74) is 5.58.